The van der Waals surface area contributed by atoms with Crippen LogP contribution in [0.4, 0.5) is 0 Å². The Balaban J connectivity index is 2.90. The number of nitrogens with zero attached hydrogens (tertiary/aromatic N) is 2. The van der Waals surface area contributed by atoms with Gasteiger partial charge in [0.1, 0.15) is 5.75 Å². The lowest BCUT2D eigenvalue weighted by Crippen LogP contribution is -2.37. The molecule has 8 heteroatoms. The van der Waals surface area contributed by atoms with Crippen molar-refractivity contribution in [2.75, 3.05) is 47.9 Å². The maximum atomic E-state index is 12.8. The number of aryl methyl sites for hydroxylation is 2. The molecule has 1 aromatic rings. The molecule has 136 valence electrons. The van der Waals surface area contributed by atoms with Crippen molar-refractivity contribution in [3.05, 3.63) is 23.3 Å². The molecule has 0 fully saturated rings. The summed E-state index contributed by atoms with van der Waals surface area (Å²) < 4.78 is 36.7. The smallest absolute Gasteiger partial charge is 0.319 e. The number of hydrogen-bond donors (Lipinski definition) is 0. The van der Waals surface area contributed by atoms with Crippen molar-refractivity contribution >= 4 is 16.0 Å². The van der Waals surface area contributed by atoms with Gasteiger partial charge < -0.3 is 9.47 Å². The van der Waals surface area contributed by atoms with Crippen molar-refractivity contribution in [1.82, 2.24) is 9.21 Å². The van der Waals surface area contributed by atoms with Crippen molar-refractivity contribution in [3.63, 3.8) is 0 Å². The lowest BCUT2D eigenvalue weighted by molar-refractivity contribution is -0.141. The summed E-state index contributed by atoms with van der Waals surface area (Å²) in [6.07, 6.45) is 0. The lowest BCUT2D eigenvalue weighted by atomic mass is 10.1. The Hall–Kier alpha value is -1.64. The highest BCUT2D eigenvalue weighted by molar-refractivity contribution is 7.89. The van der Waals surface area contributed by atoms with E-state index in [1.54, 1.807) is 45.0 Å². The summed E-state index contributed by atoms with van der Waals surface area (Å²) in [6.45, 7) is 4.30. The van der Waals surface area contributed by atoms with Gasteiger partial charge in [-0.05, 0) is 44.2 Å². The number of carbonyl (C=O) groups excluding carboxylic acids is 1. The second kappa shape index (κ2) is 8.46. The van der Waals surface area contributed by atoms with E-state index in [9.17, 15) is 13.2 Å². The maximum absolute atomic E-state index is 12.8. The first-order valence-electron chi connectivity index (χ1n) is 7.50. The number of benzene rings is 1. The van der Waals surface area contributed by atoms with Gasteiger partial charge in [0.25, 0.3) is 0 Å². The number of ether oxygens (including phenoxy) is 2. The van der Waals surface area contributed by atoms with E-state index >= 15 is 0 Å². The van der Waals surface area contributed by atoms with Crippen molar-refractivity contribution in [2.45, 2.75) is 18.7 Å². The van der Waals surface area contributed by atoms with E-state index in [-0.39, 0.29) is 19.1 Å². The van der Waals surface area contributed by atoms with Crippen LogP contribution in [0.25, 0.3) is 0 Å². The standard InChI is InChI=1S/C16H26N2O5S/c1-12-9-14(22-5)10-13(2)16(12)24(20,21)18(4)8-7-17(3)11-15(19)23-6/h9-10H,7-8,11H2,1-6H3. The predicted molar refractivity (Wildman–Crippen MR) is 91.8 cm³/mol. The fourth-order valence-corrected chi connectivity index (χ4v) is 3.95. The first kappa shape index (κ1) is 20.4. The van der Waals surface area contributed by atoms with Gasteiger partial charge in [-0.3, -0.25) is 9.69 Å². The zero-order valence-corrected chi connectivity index (χ0v) is 15.9. The molecular weight excluding hydrogens is 332 g/mol. The van der Waals surface area contributed by atoms with Gasteiger partial charge in [0.05, 0.1) is 25.7 Å². The van der Waals surface area contributed by atoms with Crippen LogP contribution in [-0.2, 0) is 19.6 Å². The molecule has 24 heavy (non-hydrogen) atoms. The largest absolute Gasteiger partial charge is 0.497 e. The third-order valence-electron chi connectivity index (χ3n) is 3.76. The number of carbonyl (C=O) groups is 1. The summed E-state index contributed by atoms with van der Waals surface area (Å²) in [4.78, 5) is 13.2. The minimum atomic E-state index is -3.62. The second-order valence-corrected chi connectivity index (χ2v) is 7.71. The van der Waals surface area contributed by atoms with Crippen LogP contribution in [0.5, 0.6) is 5.75 Å². The molecule has 0 amide bonds. The van der Waals surface area contributed by atoms with Gasteiger partial charge in [-0.2, -0.15) is 4.31 Å². The molecule has 0 aromatic heterocycles. The average molecular weight is 358 g/mol. The van der Waals surface area contributed by atoms with Crippen molar-refractivity contribution in [3.8, 4) is 5.75 Å². The Kier molecular flexibility index (Phi) is 7.19. The van der Waals surface area contributed by atoms with E-state index in [0.29, 0.717) is 28.3 Å². The van der Waals surface area contributed by atoms with E-state index in [0.717, 1.165) is 0 Å². The molecule has 1 rings (SSSR count). The molecule has 0 saturated heterocycles. The zero-order valence-electron chi connectivity index (χ0n) is 15.1. The van der Waals surface area contributed by atoms with E-state index < -0.39 is 10.0 Å². The first-order chi connectivity index (χ1) is 11.1. The fourth-order valence-electron chi connectivity index (χ4n) is 2.39. The van der Waals surface area contributed by atoms with E-state index in [4.69, 9.17) is 4.74 Å². The Labute approximate surface area is 144 Å². The molecule has 1 aromatic carbocycles. The summed E-state index contributed by atoms with van der Waals surface area (Å²) in [5.41, 5.74) is 1.28. The van der Waals surface area contributed by atoms with Crippen LogP contribution in [0.15, 0.2) is 17.0 Å². The predicted octanol–water partition coefficient (Wildman–Crippen LogP) is 1.04. The normalized spacial score (nSPS) is 11.8. The minimum absolute atomic E-state index is 0.116. The minimum Gasteiger partial charge on any atom is -0.497 e. The number of sulfonamides is 1. The Morgan fingerprint density at radius 1 is 1.08 bits per heavy atom. The monoisotopic (exact) mass is 358 g/mol. The van der Waals surface area contributed by atoms with Crippen LogP contribution in [-0.4, -0.2) is 71.5 Å². The summed E-state index contributed by atoms with van der Waals surface area (Å²) in [5, 5.41) is 0. The molecule has 0 bridgehead atoms. The highest BCUT2D eigenvalue weighted by Gasteiger charge is 2.25. The van der Waals surface area contributed by atoms with Gasteiger partial charge in [0, 0.05) is 20.1 Å². The van der Waals surface area contributed by atoms with Crippen molar-refractivity contribution in [1.29, 1.82) is 0 Å². The van der Waals surface area contributed by atoms with Gasteiger partial charge in [0.15, 0.2) is 0 Å². The van der Waals surface area contributed by atoms with Crippen LogP contribution in [0, 0.1) is 13.8 Å². The summed E-state index contributed by atoms with van der Waals surface area (Å²) in [5.74, 6) is 0.272. The number of esters is 1. The first-order valence-corrected chi connectivity index (χ1v) is 8.94. The van der Waals surface area contributed by atoms with Gasteiger partial charge >= 0.3 is 5.97 Å². The average Bonchev–Trinajstić information content (AvgIpc) is 2.51. The number of hydrogen-bond acceptors (Lipinski definition) is 6. The highest BCUT2D eigenvalue weighted by Crippen LogP contribution is 2.27. The summed E-state index contributed by atoms with van der Waals surface area (Å²) >= 11 is 0. The third kappa shape index (κ3) is 4.93. The van der Waals surface area contributed by atoms with Crippen LogP contribution in [0.2, 0.25) is 0 Å². The van der Waals surface area contributed by atoms with Crippen LogP contribution in [0.1, 0.15) is 11.1 Å². The van der Waals surface area contributed by atoms with Gasteiger partial charge in [0.2, 0.25) is 10.0 Å². The van der Waals surface area contributed by atoms with Crippen molar-refractivity contribution in [2.24, 2.45) is 0 Å². The molecule has 0 aliphatic heterocycles. The Morgan fingerprint density at radius 2 is 1.62 bits per heavy atom. The van der Waals surface area contributed by atoms with Crippen LogP contribution >= 0.6 is 0 Å². The van der Waals surface area contributed by atoms with Crippen LogP contribution in [0.3, 0.4) is 0 Å². The number of methoxy groups -OCH3 is 2. The lowest BCUT2D eigenvalue weighted by Gasteiger charge is -2.23. The number of likely N-dealkylation sites (N-methyl/N-ethyl adjacent to an activating group) is 2. The summed E-state index contributed by atoms with van der Waals surface area (Å²) in [6, 6.07) is 3.41. The molecule has 0 radical (unpaired) electrons. The molecule has 0 spiro atoms. The molecule has 7 nitrogen and oxygen atoms in total. The topological polar surface area (TPSA) is 76.2 Å². The van der Waals surface area contributed by atoms with Gasteiger partial charge in [-0.15, -0.1) is 0 Å². The van der Waals surface area contributed by atoms with Crippen LogP contribution < -0.4 is 4.74 Å². The number of rotatable bonds is 8. The third-order valence-corrected chi connectivity index (χ3v) is 5.92. The molecule has 0 saturated carbocycles. The molecule has 0 unspecified atom stereocenters. The molecule has 0 atom stereocenters. The quantitative estimate of drug-likeness (QED) is 0.646. The zero-order chi connectivity index (χ0) is 18.5. The maximum Gasteiger partial charge on any atom is 0.319 e. The van der Waals surface area contributed by atoms with Crippen molar-refractivity contribution < 1.29 is 22.7 Å². The second-order valence-electron chi connectivity index (χ2n) is 5.73. The SMILES string of the molecule is COC(=O)CN(C)CCN(C)S(=O)(=O)c1c(C)cc(OC)cc1C. The van der Waals surface area contributed by atoms with Gasteiger partial charge in [-0.25, -0.2) is 8.42 Å². The Bertz CT molecular complexity index is 665. The van der Waals surface area contributed by atoms with E-state index in [2.05, 4.69) is 4.74 Å². The molecule has 0 aliphatic carbocycles. The molecule has 0 aliphatic rings. The molecule has 0 N–H and O–H groups in total. The highest BCUT2D eigenvalue weighted by atomic mass is 32.2. The summed E-state index contributed by atoms with van der Waals surface area (Å²) in [7, 11) is 2.52. The Morgan fingerprint density at radius 3 is 2.08 bits per heavy atom. The molecular formula is C16H26N2O5S. The van der Waals surface area contributed by atoms with E-state index in [1.165, 1.54) is 18.5 Å². The fraction of sp³-hybridized carbons (Fsp3) is 0.562. The molecule has 0 heterocycles. The van der Waals surface area contributed by atoms with Gasteiger partial charge in [-0.1, -0.05) is 0 Å². The van der Waals surface area contributed by atoms with E-state index in [1.807, 2.05) is 0 Å².